The lowest BCUT2D eigenvalue weighted by molar-refractivity contribution is 0.0946. The van der Waals surface area contributed by atoms with Crippen molar-refractivity contribution in [1.29, 1.82) is 0 Å². The lowest BCUT2D eigenvalue weighted by atomic mass is 9.95. The van der Waals surface area contributed by atoms with Crippen LogP contribution in [-0.2, 0) is 6.54 Å². The molecule has 3 rings (SSSR count). The Morgan fingerprint density at radius 1 is 1.12 bits per heavy atom. The maximum Gasteiger partial charge on any atom is 0.270 e. The van der Waals surface area contributed by atoms with Gasteiger partial charge in [-0.3, -0.25) is 9.78 Å². The number of hydrogen-bond acceptors (Lipinski definition) is 3. The smallest absolute Gasteiger partial charge is 0.270 e. The van der Waals surface area contributed by atoms with Crippen LogP contribution >= 0.6 is 11.6 Å². The van der Waals surface area contributed by atoms with Crippen LogP contribution in [0.1, 0.15) is 48.2 Å². The van der Waals surface area contributed by atoms with Crippen LogP contribution in [0.5, 0.6) is 0 Å². The van der Waals surface area contributed by atoms with E-state index in [2.05, 4.69) is 15.6 Å². The van der Waals surface area contributed by atoms with Crippen LogP contribution in [0, 0.1) is 0 Å². The summed E-state index contributed by atoms with van der Waals surface area (Å²) in [7, 11) is 0. The summed E-state index contributed by atoms with van der Waals surface area (Å²) in [6.07, 6.45) is 7.95. The lowest BCUT2D eigenvalue weighted by Crippen LogP contribution is -2.25. The quantitative estimate of drug-likeness (QED) is 0.845. The largest absolute Gasteiger partial charge is 0.382 e. The van der Waals surface area contributed by atoms with E-state index in [0.29, 0.717) is 23.3 Å². The summed E-state index contributed by atoms with van der Waals surface area (Å²) in [5, 5.41) is 7.10. The monoisotopic (exact) mass is 343 g/mol. The number of carbonyl (C=O) groups is 1. The Balaban J connectivity index is 1.58. The zero-order valence-corrected chi connectivity index (χ0v) is 14.4. The number of amides is 1. The van der Waals surface area contributed by atoms with Crippen LogP contribution in [0.15, 0.2) is 42.6 Å². The molecule has 0 unspecified atom stereocenters. The van der Waals surface area contributed by atoms with Crippen molar-refractivity contribution < 1.29 is 4.79 Å². The summed E-state index contributed by atoms with van der Waals surface area (Å²) in [6, 6.07) is 11.7. The molecule has 0 aliphatic heterocycles. The van der Waals surface area contributed by atoms with E-state index in [4.69, 9.17) is 11.6 Å². The first kappa shape index (κ1) is 16.8. The van der Waals surface area contributed by atoms with Gasteiger partial charge in [0, 0.05) is 29.5 Å². The van der Waals surface area contributed by atoms with Gasteiger partial charge in [-0.25, -0.2) is 0 Å². The van der Waals surface area contributed by atoms with Crippen LogP contribution in [-0.4, -0.2) is 16.9 Å². The molecule has 1 heterocycles. The third-order valence-electron chi connectivity index (χ3n) is 4.33. The number of nitrogens with one attached hydrogen (secondary N) is 2. The maximum absolute atomic E-state index is 12.3. The number of benzene rings is 1. The van der Waals surface area contributed by atoms with E-state index in [0.717, 1.165) is 11.3 Å². The third kappa shape index (κ3) is 4.71. The number of aromatic nitrogens is 1. The van der Waals surface area contributed by atoms with Crippen LogP contribution in [0.3, 0.4) is 0 Å². The molecule has 1 aromatic carbocycles. The fraction of sp³-hybridized carbons (Fsp3) is 0.368. The Labute approximate surface area is 147 Å². The average molecular weight is 344 g/mol. The van der Waals surface area contributed by atoms with Crippen molar-refractivity contribution in [1.82, 2.24) is 10.3 Å². The van der Waals surface area contributed by atoms with Gasteiger partial charge in [0.25, 0.3) is 5.91 Å². The fourth-order valence-corrected chi connectivity index (χ4v) is 3.13. The van der Waals surface area contributed by atoms with Crippen molar-refractivity contribution in [2.45, 2.75) is 44.7 Å². The third-order valence-corrected chi connectivity index (χ3v) is 4.59. The Bertz CT molecular complexity index is 681. The van der Waals surface area contributed by atoms with E-state index in [-0.39, 0.29) is 5.91 Å². The highest BCUT2D eigenvalue weighted by Crippen LogP contribution is 2.21. The van der Waals surface area contributed by atoms with Gasteiger partial charge in [0.15, 0.2) is 0 Å². The maximum atomic E-state index is 12.3. The average Bonchev–Trinajstić information content (AvgIpc) is 2.62. The Kier molecular flexibility index (Phi) is 5.70. The molecule has 2 N–H and O–H groups in total. The molecule has 0 radical (unpaired) electrons. The first-order valence-corrected chi connectivity index (χ1v) is 8.84. The zero-order chi connectivity index (χ0) is 16.8. The molecule has 1 aromatic heterocycles. The lowest BCUT2D eigenvalue weighted by Gasteiger charge is -2.23. The normalized spacial score (nSPS) is 15.0. The predicted molar refractivity (Wildman–Crippen MR) is 97.4 cm³/mol. The second-order valence-corrected chi connectivity index (χ2v) is 6.65. The van der Waals surface area contributed by atoms with Gasteiger partial charge in [-0.1, -0.05) is 43.0 Å². The summed E-state index contributed by atoms with van der Waals surface area (Å²) in [5.74, 6) is -0.169. The number of hydrogen-bond donors (Lipinski definition) is 2. The van der Waals surface area contributed by atoms with Crippen molar-refractivity contribution >= 4 is 23.2 Å². The molecule has 1 saturated carbocycles. The minimum Gasteiger partial charge on any atom is -0.382 e. The van der Waals surface area contributed by atoms with Crippen molar-refractivity contribution in [2.75, 3.05) is 5.32 Å². The second-order valence-electron chi connectivity index (χ2n) is 6.22. The molecule has 2 aromatic rings. The van der Waals surface area contributed by atoms with E-state index in [1.165, 1.54) is 32.1 Å². The van der Waals surface area contributed by atoms with Gasteiger partial charge in [0.1, 0.15) is 5.69 Å². The standard InChI is InChI=1S/C19H22ClN3O/c20-15-8-6-14(7-9-15)13-22-19(24)18-12-17(10-11-21-18)23-16-4-2-1-3-5-16/h6-12,16H,1-5,13H2,(H,21,23)(H,22,24). The van der Waals surface area contributed by atoms with Gasteiger partial charge in [-0.2, -0.15) is 0 Å². The molecule has 1 fully saturated rings. The Morgan fingerprint density at radius 2 is 1.88 bits per heavy atom. The number of rotatable bonds is 5. The van der Waals surface area contributed by atoms with Crippen molar-refractivity contribution in [2.24, 2.45) is 0 Å². The summed E-state index contributed by atoms with van der Waals surface area (Å²) >= 11 is 5.86. The molecule has 126 valence electrons. The Morgan fingerprint density at radius 3 is 2.62 bits per heavy atom. The van der Waals surface area contributed by atoms with E-state index in [1.54, 1.807) is 6.20 Å². The van der Waals surface area contributed by atoms with Crippen LogP contribution < -0.4 is 10.6 Å². The molecule has 0 bridgehead atoms. The number of nitrogens with zero attached hydrogens (tertiary/aromatic N) is 1. The van der Waals surface area contributed by atoms with E-state index < -0.39 is 0 Å². The first-order chi connectivity index (χ1) is 11.7. The van der Waals surface area contributed by atoms with Crippen LogP contribution in [0.2, 0.25) is 5.02 Å². The molecular formula is C19H22ClN3O. The number of halogens is 1. The summed E-state index contributed by atoms with van der Waals surface area (Å²) in [5.41, 5.74) is 2.41. The minimum absolute atomic E-state index is 0.169. The number of carbonyl (C=O) groups excluding carboxylic acids is 1. The van der Waals surface area contributed by atoms with Crippen LogP contribution in [0.4, 0.5) is 5.69 Å². The molecule has 1 aliphatic rings. The summed E-state index contributed by atoms with van der Waals surface area (Å²) in [4.78, 5) is 16.5. The molecule has 0 atom stereocenters. The van der Waals surface area contributed by atoms with Crippen molar-refractivity contribution in [3.8, 4) is 0 Å². The highest BCUT2D eigenvalue weighted by atomic mass is 35.5. The van der Waals surface area contributed by atoms with Gasteiger partial charge in [-0.15, -0.1) is 0 Å². The summed E-state index contributed by atoms with van der Waals surface area (Å²) < 4.78 is 0. The predicted octanol–water partition coefficient (Wildman–Crippen LogP) is 4.41. The highest BCUT2D eigenvalue weighted by molar-refractivity contribution is 6.30. The van der Waals surface area contributed by atoms with Gasteiger partial charge >= 0.3 is 0 Å². The van der Waals surface area contributed by atoms with Crippen molar-refractivity contribution in [3.05, 3.63) is 58.9 Å². The van der Waals surface area contributed by atoms with Gasteiger partial charge < -0.3 is 10.6 Å². The second kappa shape index (κ2) is 8.15. The molecule has 0 saturated heterocycles. The minimum atomic E-state index is -0.169. The molecule has 1 aliphatic carbocycles. The molecule has 24 heavy (non-hydrogen) atoms. The van der Waals surface area contributed by atoms with E-state index in [9.17, 15) is 4.79 Å². The van der Waals surface area contributed by atoms with Gasteiger partial charge in [0.2, 0.25) is 0 Å². The molecule has 1 amide bonds. The number of pyridine rings is 1. The molecular weight excluding hydrogens is 322 g/mol. The van der Waals surface area contributed by atoms with E-state index >= 15 is 0 Å². The Hall–Kier alpha value is -2.07. The zero-order valence-electron chi connectivity index (χ0n) is 13.6. The first-order valence-electron chi connectivity index (χ1n) is 8.46. The highest BCUT2D eigenvalue weighted by Gasteiger charge is 2.14. The van der Waals surface area contributed by atoms with Crippen LogP contribution in [0.25, 0.3) is 0 Å². The van der Waals surface area contributed by atoms with Gasteiger partial charge in [0.05, 0.1) is 0 Å². The van der Waals surface area contributed by atoms with E-state index in [1.807, 2.05) is 36.4 Å². The van der Waals surface area contributed by atoms with Crippen molar-refractivity contribution in [3.63, 3.8) is 0 Å². The SMILES string of the molecule is O=C(NCc1ccc(Cl)cc1)c1cc(NC2CCCCC2)ccn1. The summed E-state index contributed by atoms with van der Waals surface area (Å²) in [6.45, 7) is 0.456. The number of anilines is 1. The molecule has 4 nitrogen and oxygen atoms in total. The molecule has 0 spiro atoms. The van der Waals surface area contributed by atoms with Gasteiger partial charge in [-0.05, 0) is 42.7 Å². The fourth-order valence-electron chi connectivity index (χ4n) is 3.00. The molecule has 5 heteroatoms. The topological polar surface area (TPSA) is 54.0 Å².